The number of quaternary nitrogens is 1. The van der Waals surface area contributed by atoms with Gasteiger partial charge in [-0.1, -0.05) is 52.9 Å². The quantitative estimate of drug-likeness (QED) is 0.642. The predicted molar refractivity (Wildman–Crippen MR) is 87.0 cm³/mol. The van der Waals surface area contributed by atoms with Gasteiger partial charge in [-0.25, -0.2) is 0 Å². The maximum absolute atomic E-state index is 4.59. The fraction of sp³-hybridized carbons (Fsp3) is 1.00. The molecule has 0 spiro atoms. The lowest BCUT2D eigenvalue weighted by Gasteiger charge is -2.43. The Bertz CT molecular complexity index is 222. The normalized spacial score (nSPS) is 20.4. The summed E-state index contributed by atoms with van der Waals surface area (Å²) in [5.74, 6) is 0. The Labute approximate surface area is 127 Å². The largest absolute Gasteiger partial charge is 0.870 e. The van der Waals surface area contributed by atoms with Gasteiger partial charge in [-0.3, -0.25) is 0 Å². The minimum atomic E-state index is 0. The molecule has 0 bridgehead atoms. The van der Waals surface area contributed by atoms with Crippen LogP contribution in [0.15, 0.2) is 0 Å². The molecule has 0 radical (unpaired) electrons. The second-order valence-electron chi connectivity index (χ2n) is 7.31. The molecule has 1 fully saturated rings. The molecule has 1 saturated carbocycles. The Morgan fingerprint density at radius 3 is 1.50 bits per heavy atom. The minimum absolute atomic E-state index is 0. The van der Waals surface area contributed by atoms with Crippen molar-refractivity contribution in [2.45, 2.75) is 110 Å². The first-order valence-electron chi connectivity index (χ1n) is 8.95. The highest BCUT2D eigenvalue weighted by Crippen LogP contribution is 2.47. The molecule has 0 aromatic heterocycles. The lowest BCUT2D eigenvalue weighted by atomic mass is 9.62. The van der Waals surface area contributed by atoms with Gasteiger partial charge in [0.05, 0.1) is 5.54 Å². The lowest BCUT2D eigenvalue weighted by Crippen LogP contribution is -2.74. The van der Waals surface area contributed by atoms with Crippen molar-refractivity contribution >= 4 is 0 Å². The van der Waals surface area contributed by atoms with Crippen LogP contribution in [0.5, 0.6) is 0 Å². The van der Waals surface area contributed by atoms with E-state index in [1.54, 1.807) is 0 Å². The summed E-state index contributed by atoms with van der Waals surface area (Å²) in [5, 5.41) is 0. The number of unbranched alkanes of at least 4 members (excludes halogenated alkanes) is 3. The maximum Gasteiger partial charge on any atom is 0.0946 e. The standard InChI is InChI=1S/C18H37N.H2O/c1-4-7-10-17(11-8-5-2)13-15-18(19,16-14-17)12-9-6-3;/h4-16,19H2,1-3H3;1H2. The fourth-order valence-corrected chi connectivity index (χ4v) is 3.84. The third kappa shape index (κ3) is 6.13. The van der Waals surface area contributed by atoms with E-state index in [1.807, 2.05) is 0 Å². The van der Waals surface area contributed by atoms with E-state index in [2.05, 4.69) is 26.5 Å². The van der Waals surface area contributed by atoms with Crippen LogP contribution in [0.1, 0.15) is 104 Å². The van der Waals surface area contributed by atoms with Crippen molar-refractivity contribution in [3.8, 4) is 0 Å². The van der Waals surface area contributed by atoms with Gasteiger partial charge >= 0.3 is 0 Å². The number of hydrogen-bond donors (Lipinski definition) is 1. The van der Waals surface area contributed by atoms with Crippen LogP contribution in [0.3, 0.4) is 0 Å². The van der Waals surface area contributed by atoms with E-state index in [-0.39, 0.29) is 5.48 Å². The number of rotatable bonds is 9. The first kappa shape index (κ1) is 19.9. The molecule has 2 heteroatoms. The van der Waals surface area contributed by atoms with Crippen LogP contribution in [-0.2, 0) is 0 Å². The van der Waals surface area contributed by atoms with Crippen molar-refractivity contribution in [3.63, 3.8) is 0 Å². The zero-order valence-electron chi connectivity index (χ0n) is 14.3. The van der Waals surface area contributed by atoms with Gasteiger partial charge in [-0.05, 0) is 37.5 Å². The average Bonchev–Trinajstić information content (AvgIpc) is 2.44. The second kappa shape index (κ2) is 9.78. The van der Waals surface area contributed by atoms with Crippen LogP contribution in [0, 0.1) is 5.41 Å². The van der Waals surface area contributed by atoms with E-state index < -0.39 is 0 Å². The summed E-state index contributed by atoms with van der Waals surface area (Å²) in [6.45, 7) is 6.98. The molecule has 0 unspecified atom stereocenters. The molecule has 0 aliphatic heterocycles. The van der Waals surface area contributed by atoms with Crippen LogP contribution in [0.25, 0.3) is 0 Å². The minimum Gasteiger partial charge on any atom is -0.870 e. The summed E-state index contributed by atoms with van der Waals surface area (Å²) >= 11 is 0. The topological polar surface area (TPSA) is 57.6 Å². The molecule has 122 valence electrons. The maximum atomic E-state index is 4.59. The van der Waals surface area contributed by atoms with Gasteiger partial charge in [-0.15, -0.1) is 0 Å². The highest BCUT2D eigenvalue weighted by atomic mass is 16.0. The van der Waals surface area contributed by atoms with Crippen molar-refractivity contribution < 1.29 is 11.2 Å². The van der Waals surface area contributed by atoms with Crippen LogP contribution in [0.2, 0.25) is 0 Å². The SMILES string of the molecule is CCCCC1([NH3+])CCC(CCCC)(CCCC)CC1.[OH-]. The van der Waals surface area contributed by atoms with Crippen molar-refractivity contribution in [1.29, 1.82) is 0 Å². The Morgan fingerprint density at radius 2 is 1.10 bits per heavy atom. The van der Waals surface area contributed by atoms with Gasteiger partial charge < -0.3 is 11.2 Å². The van der Waals surface area contributed by atoms with Gasteiger partial charge in [-0.2, -0.15) is 0 Å². The van der Waals surface area contributed by atoms with Crippen LogP contribution in [-0.4, -0.2) is 11.0 Å². The number of hydrogen-bond acceptors (Lipinski definition) is 1. The van der Waals surface area contributed by atoms with E-state index in [0.29, 0.717) is 11.0 Å². The summed E-state index contributed by atoms with van der Waals surface area (Å²) in [5.41, 5.74) is 5.72. The molecular weight excluding hydrogens is 246 g/mol. The molecule has 0 saturated heterocycles. The average molecular weight is 286 g/mol. The molecule has 1 aliphatic rings. The zero-order valence-corrected chi connectivity index (χ0v) is 14.3. The molecule has 0 heterocycles. The Morgan fingerprint density at radius 1 is 0.700 bits per heavy atom. The smallest absolute Gasteiger partial charge is 0.0946 e. The van der Waals surface area contributed by atoms with E-state index in [1.165, 1.54) is 83.5 Å². The third-order valence-corrected chi connectivity index (χ3v) is 5.55. The molecule has 1 aliphatic carbocycles. The zero-order chi connectivity index (χ0) is 14.2. The van der Waals surface area contributed by atoms with Gasteiger partial charge in [0.15, 0.2) is 0 Å². The third-order valence-electron chi connectivity index (χ3n) is 5.55. The summed E-state index contributed by atoms with van der Waals surface area (Å²) in [6.07, 6.45) is 18.3. The van der Waals surface area contributed by atoms with Gasteiger partial charge in [0.25, 0.3) is 0 Å². The van der Waals surface area contributed by atoms with Crippen molar-refractivity contribution in [2.24, 2.45) is 5.41 Å². The monoisotopic (exact) mass is 285 g/mol. The van der Waals surface area contributed by atoms with Crippen LogP contribution in [0.4, 0.5) is 0 Å². The van der Waals surface area contributed by atoms with E-state index in [9.17, 15) is 0 Å². The molecule has 0 amide bonds. The Hall–Kier alpha value is -0.0800. The molecule has 2 nitrogen and oxygen atoms in total. The van der Waals surface area contributed by atoms with Crippen molar-refractivity contribution in [2.75, 3.05) is 0 Å². The van der Waals surface area contributed by atoms with Crippen molar-refractivity contribution in [3.05, 3.63) is 0 Å². The summed E-state index contributed by atoms with van der Waals surface area (Å²) < 4.78 is 0. The molecule has 1 rings (SSSR count). The summed E-state index contributed by atoms with van der Waals surface area (Å²) in [6, 6.07) is 0. The molecule has 0 aromatic carbocycles. The Kier molecular flexibility index (Phi) is 9.74. The van der Waals surface area contributed by atoms with Crippen molar-refractivity contribution in [1.82, 2.24) is 0 Å². The van der Waals surface area contributed by atoms with E-state index >= 15 is 0 Å². The van der Waals surface area contributed by atoms with E-state index in [0.717, 1.165) is 0 Å². The highest BCUT2D eigenvalue weighted by molar-refractivity contribution is 4.92. The lowest BCUT2D eigenvalue weighted by molar-refractivity contribution is -0.489. The first-order chi connectivity index (χ1) is 9.10. The molecular formula is C18H39NO. The van der Waals surface area contributed by atoms with Gasteiger partial charge in [0.2, 0.25) is 0 Å². The van der Waals surface area contributed by atoms with Crippen LogP contribution >= 0.6 is 0 Å². The van der Waals surface area contributed by atoms with Gasteiger partial charge in [0.1, 0.15) is 0 Å². The highest BCUT2D eigenvalue weighted by Gasteiger charge is 2.41. The fourth-order valence-electron chi connectivity index (χ4n) is 3.84. The molecule has 0 atom stereocenters. The Balaban J connectivity index is 0.00000361. The van der Waals surface area contributed by atoms with Gasteiger partial charge in [0, 0.05) is 19.3 Å². The predicted octanol–water partition coefficient (Wildman–Crippen LogP) is 4.92. The first-order valence-corrected chi connectivity index (χ1v) is 8.95. The molecule has 0 aromatic rings. The molecule has 4 N–H and O–H groups in total. The summed E-state index contributed by atoms with van der Waals surface area (Å²) in [4.78, 5) is 0. The summed E-state index contributed by atoms with van der Waals surface area (Å²) in [7, 11) is 0. The van der Waals surface area contributed by atoms with E-state index in [4.69, 9.17) is 0 Å². The second-order valence-corrected chi connectivity index (χ2v) is 7.31. The van der Waals surface area contributed by atoms with Crippen LogP contribution < -0.4 is 5.73 Å². The molecule has 20 heavy (non-hydrogen) atoms.